The summed E-state index contributed by atoms with van der Waals surface area (Å²) in [7, 11) is -3.99. The smallest absolute Gasteiger partial charge is 0.245 e. The number of hydrogen-bond acceptors (Lipinski definition) is 6. The first kappa shape index (κ1) is 25.7. The summed E-state index contributed by atoms with van der Waals surface area (Å²) in [5, 5.41) is 1.09. The number of carbonyl (C=O) groups is 1. The minimum Gasteiger partial charge on any atom is -0.282 e. The lowest BCUT2D eigenvalue weighted by Gasteiger charge is -2.33. The van der Waals surface area contributed by atoms with Gasteiger partial charge in [0.1, 0.15) is 10.7 Å². The predicted molar refractivity (Wildman–Crippen MR) is 143 cm³/mol. The van der Waals surface area contributed by atoms with E-state index in [-0.39, 0.29) is 30.4 Å². The number of amides is 1. The van der Waals surface area contributed by atoms with Gasteiger partial charge in [-0.3, -0.25) is 14.7 Å². The van der Waals surface area contributed by atoms with Crippen molar-refractivity contribution in [1.29, 1.82) is 0 Å². The maximum atomic E-state index is 14.2. The Hall–Kier alpha value is -2.92. The number of hydrogen-bond donors (Lipinski definition) is 0. The molecule has 2 aromatic carbocycles. The van der Waals surface area contributed by atoms with Crippen molar-refractivity contribution < 1.29 is 17.6 Å². The van der Waals surface area contributed by atoms with Crippen molar-refractivity contribution in [3.8, 4) is 0 Å². The summed E-state index contributed by atoms with van der Waals surface area (Å²) in [5.74, 6) is -1.35. The number of halogens is 2. The number of benzene rings is 2. The fraction of sp³-hybridized carbons (Fsp3) is 0.269. The van der Waals surface area contributed by atoms with Crippen LogP contribution in [0.15, 0.2) is 65.7 Å². The molecular formula is C26H24ClFN4O3S2. The number of rotatable bonds is 6. The average molecular weight is 559 g/mol. The number of thiazole rings is 1. The Labute approximate surface area is 223 Å². The van der Waals surface area contributed by atoms with Crippen molar-refractivity contribution in [2.75, 3.05) is 18.0 Å². The molecule has 1 fully saturated rings. The van der Waals surface area contributed by atoms with Crippen molar-refractivity contribution in [1.82, 2.24) is 14.3 Å². The zero-order chi connectivity index (χ0) is 26.2. The monoisotopic (exact) mass is 558 g/mol. The standard InChI is InChI=1S/C26H24ClFN4O3S2/c1-17-9-10-20(27)24-23(17)30-26(36-24)32(16-19-6-4-5-13-29-19)25(33)18-11-14-31(15-12-18)37(34,35)22-8-3-2-7-21(22)28/h2-10,13,18H,11-12,14-16H2,1H3. The van der Waals surface area contributed by atoms with Gasteiger partial charge in [-0.25, -0.2) is 17.8 Å². The summed E-state index contributed by atoms with van der Waals surface area (Å²) in [6.45, 7) is 2.41. The Balaban J connectivity index is 1.40. The van der Waals surface area contributed by atoms with Crippen LogP contribution in [-0.4, -0.2) is 41.7 Å². The van der Waals surface area contributed by atoms with E-state index in [9.17, 15) is 17.6 Å². The highest BCUT2D eigenvalue weighted by atomic mass is 35.5. The molecule has 7 nitrogen and oxygen atoms in total. The van der Waals surface area contributed by atoms with Crippen LogP contribution in [-0.2, 0) is 21.4 Å². The van der Waals surface area contributed by atoms with Crippen LogP contribution < -0.4 is 4.90 Å². The van der Waals surface area contributed by atoms with Gasteiger partial charge in [-0.05, 0) is 55.7 Å². The Morgan fingerprint density at radius 3 is 2.54 bits per heavy atom. The van der Waals surface area contributed by atoms with Crippen LogP contribution in [0.1, 0.15) is 24.1 Å². The van der Waals surface area contributed by atoms with E-state index in [1.54, 1.807) is 11.1 Å². The molecule has 4 aromatic rings. The summed E-state index contributed by atoms with van der Waals surface area (Å²) < 4.78 is 42.3. The molecule has 3 heterocycles. The van der Waals surface area contributed by atoms with Gasteiger partial charge in [-0.2, -0.15) is 4.31 Å². The molecule has 5 rings (SSSR count). The molecule has 1 aliphatic heterocycles. The SMILES string of the molecule is Cc1ccc(Cl)c2sc(N(Cc3ccccn3)C(=O)C3CCN(S(=O)(=O)c4ccccc4F)CC3)nc12. The minimum absolute atomic E-state index is 0.120. The maximum absolute atomic E-state index is 14.2. The maximum Gasteiger partial charge on any atom is 0.245 e. The lowest BCUT2D eigenvalue weighted by molar-refractivity contribution is -0.123. The van der Waals surface area contributed by atoms with Gasteiger partial charge >= 0.3 is 0 Å². The molecule has 1 amide bonds. The Morgan fingerprint density at radius 1 is 1.14 bits per heavy atom. The van der Waals surface area contributed by atoms with Crippen LogP contribution in [0.3, 0.4) is 0 Å². The van der Waals surface area contributed by atoms with E-state index in [2.05, 4.69) is 4.98 Å². The van der Waals surface area contributed by atoms with Crippen LogP contribution in [0.25, 0.3) is 10.2 Å². The average Bonchev–Trinajstić information content (AvgIpc) is 3.37. The molecule has 0 aliphatic carbocycles. The summed E-state index contributed by atoms with van der Waals surface area (Å²) in [5.41, 5.74) is 2.41. The highest BCUT2D eigenvalue weighted by molar-refractivity contribution is 7.89. The van der Waals surface area contributed by atoms with Crippen molar-refractivity contribution >= 4 is 54.2 Å². The second kappa shape index (κ2) is 10.4. The number of anilines is 1. The zero-order valence-corrected chi connectivity index (χ0v) is 22.4. The van der Waals surface area contributed by atoms with Crippen LogP contribution in [0, 0.1) is 18.7 Å². The summed E-state index contributed by atoms with van der Waals surface area (Å²) in [6, 6.07) is 14.6. The number of aryl methyl sites for hydroxylation is 1. The highest BCUT2D eigenvalue weighted by Gasteiger charge is 2.36. The van der Waals surface area contributed by atoms with E-state index >= 15 is 0 Å². The topological polar surface area (TPSA) is 83.5 Å². The first-order chi connectivity index (χ1) is 17.8. The van der Waals surface area contributed by atoms with E-state index in [1.165, 1.54) is 33.8 Å². The van der Waals surface area contributed by atoms with Crippen LogP contribution in [0.2, 0.25) is 5.02 Å². The number of carbonyl (C=O) groups excluding carboxylic acids is 1. The Kier molecular flexibility index (Phi) is 7.26. The number of sulfonamides is 1. The third-order valence-corrected chi connectivity index (χ3v) is 9.96. The molecule has 1 saturated heterocycles. The first-order valence-electron chi connectivity index (χ1n) is 11.8. The van der Waals surface area contributed by atoms with Gasteiger partial charge in [0.2, 0.25) is 15.9 Å². The molecule has 11 heteroatoms. The second-order valence-corrected chi connectivity index (χ2v) is 12.2. The van der Waals surface area contributed by atoms with E-state index in [0.717, 1.165) is 21.8 Å². The van der Waals surface area contributed by atoms with Crippen molar-refractivity contribution in [2.45, 2.75) is 31.2 Å². The van der Waals surface area contributed by atoms with Gasteiger partial charge in [0.25, 0.3) is 0 Å². The molecule has 1 aliphatic rings. The fourth-order valence-electron chi connectivity index (χ4n) is 4.46. The third kappa shape index (κ3) is 5.11. The number of nitrogens with zero attached hydrogens (tertiary/aromatic N) is 4. The number of piperidine rings is 1. The zero-order valence-electron chi connectivity index (χ0n) is 20.0. The van der Waals surface area contributed by atoms with Crippen molar-refractivity contribution in [3.05, 3.63) is 82.9 Å². The molecule has 0 saturated carbocycles. The van der Waals surface area contributed by atoms with Gasteiger partial charge in [-0.1, -0.05) is 47.2 Å². The Bertz CT molecular complexity index is 1520. The fourth-order valence-corrected chi connectivity index (χ4v) is 7.31. The van der Waals surface area contributed by atoms with Gasteiger partial charge in [0.05, 0.1) is 27.5 Å². The van der Waals surface area contributed by atoms with Crippen LogP contribution in [0.4, 0.5) is 9.52 Å². The van der Waals surface area contributed by atoms with Gasteiger partial charge in [0, 0.05) is 25.2 Å². The van der Waals surface area contributed by atoms with Crippen LogP contribution >= 0.6 is 22.9 Å². The van der Waals surface area contributed by atoms with E-state index in [1.807, 2.05) is 37.3 Å². The van der Waals surface area contributed by atoms with Crippen molar-refractivity contribution in [3.63, 3.8) is 0 Å². The predicted octanol–water partition coefficient (Wildman–Crippen LogP) is 5.43. The van der Waals surface area contributed by atoms with Crippen LogP contribution in [0.5, 0.6) is 0 Å². The quantitative estimate of drug-likeness (QED) is 0.315. The first-order valence-corrected chi connectivity index (χ1v) is 14.4. The minimum atomic E-state index is -3.99. The number of aromatic nitrogens is 2. The van der Waals surface area contributed by atoms with Gasteiger partial charge < -0.3 is 0 Å². The molecule has 37 heavy (non-hydrogen) atoms. The molecule has 0 atom stereocenters. The molecule has 2 aromatic heterocycles. The van der Waals surface area contributed by atoms with Gasteiger partial charge in [0.15, 0.2) is 5.13 Å². The van der Waals surface area contributed by atoms with Gasteiger partial charge in [-0.15, -0.1) is 0 Å². The highest BCUT2D eigenvalue weighted by Crippen LogP contribution is 2.37. The lowest BCUT2D eigenvalue weighted by atomic mass is 9.96. The molecule has 0 bridgehead atoms. The third-order valence-electron chi connectivity index (χ3n) is 6.49. The second-order valence-electron chi connectivity index (χ2n) is 8.89. The molecule has 0 N–H and O–H groups in total. The van der Waals surface area contributed by atoms with E-state index in [0.29, 0.717) is 28.7 Å². The molecular weight excluding hydrogens is 535 g/mol. The molecule has 192 valence electrons. The van der Waals surface area contributed by atoms with E-state index in [4.69, 9.17) is 16.6 Å². The summed E-state index contributed by atoms with van der Waals surface area (Å²) >= 11 is 7.77. The number of fused-ring (bicyclic) bond motifs is 1. The Morgan fingerprint density at radius 2 is 1.86 bits per heavy atom. The normalized spacial score (nSPS) is 15.2. The summed E-state index contributed by atoms with van der Waals surface area (Å²) in [4.78, 5) is 24.2. The molecule has 0 unspecified atom stereocenters. The molecule has 0 radical (unpaired) electrons. The van der Waals surface area contributed by atoms with Crippen molar-refractivity contribution in [2.24, 2.45) is 5.92 Å². The van der Waals surface area contributed by atoms with E-state index < -0.39 is 21.8 Å². The lowest BCUT2D eigenvalue weighted by Crippen LogP contribution is -2.44. The largest absolute Gasteiger partial charge is 0.282 e. The summed E-state index contributed by atoms with van der Waals surface area (Å²) in [6.07, 6.45) is 2.30. The number of pyridine rings is 1. The molecule has 0 spiro atoms.